The first-order chi connectivity index (χ1) is 21.7. The predicted octanol–water partition coefficient (Wildman–Crippen LogP) is 7.67. The summed E-state index contributed by atoms with van der Waals surface area (Å²) in [6, 6.07) is 26.9. The zero-order valence-electron chi connectivity index (χ0n) is 25.2. The Bertz CT molecular complexity index is 1620. The molecule has 0 amide bonds. The Kier molecular flexibility index (Phi) is 10.7. The molecule has 0 aliphatic rings. The van der Waals surface area contributed by atoms with E-state index in [1.807, 2.05) is 24.3 Å². The fourth-order valence-corrected chi connectivity index (χ4v) is 4.34. The normalized spacial score (nSPS) is 10.3. The van der Waals surface area contributed by atoms with Crippen molar-refractivity contribution in [3.05, 3.63) is 140 Å². The minimum Gasteiger partial charge on any atom is -0.493 e. The zero-order chi connectivity index (χ0) is 32.3. The van der Waals surface area contributed by atoms with Gasteiger partial charge >= 0.3 is 17.9 Å². The molecular formula is C37H33NO7. The number of ether oxygens (including phenoxy) is 4. The molecule has 4 aromatic rings. The van der Waals surface area contributed by atoms with E-state index in [-0.39, 0.29) is 30.3 Å². The van der Waals surface area contributed by atoms with Crippen LogP contribution >= 0.6 is 0 Å². The first-order valence-corrected chi connectivity index (χ1v) is 14.1. The molecule has 45 heavy (non-hydrogen) atoms. The van der Waals surface area contributed by atoms with Crippen molar-refractivity contribution < 1.29 is 33.3 Å². The van der Waals surface area contributed by atoms with E-state index in [4.69, 9.17) is 18.9 Å². The molecule has 0 fully saturated rings. The second kappa shape index (κ2) is 15.0. The van der Waals surface area contributed by atoms with Crippen molar-refractivity contribution in [1.82, 2.24) is 0 Å². The number of esters is 3. The van der Waals surface area contributed by atoms with E-state index in [0.717, 1.165) is 35.3 Å². The molecule has 0 aliphatic heterocycles. The van der Waals surface area contributed by atoms with E-state index in [0.29, 0.717) is 11.3 Å². The summed E-state index contributed by atoms with van der Waals surface area (Å²) in [7, 11) is 0. The summed E-state index contributed by atoms with van der Waals surface area (Å²) in [5.41, 5.74) is 5.65. The van der Waals surface area contributed by atoms with Gasteiger partial charge in [0, 0.05) is 59.4 Å². The molecule has 4 rings (SSSR count). The number of anilines is 3. The SMILES string of the molecule is C=CC(=O)Oc1cc(OC(=O)C=C)c(CCOc2ccc(N(c3ccc(C)cc3)c3ccc(C)cc3)cc2)c(OC(=O)C=C)c1. The minimum atomic E-state index is -0.757. The molecule has 0 radical (unpaired) electrons. The zero-order valence-corrected chi connectivity index (χ0v) is 25.2. The average Bonchev–Trinajstić information content (AvgIpc) is 3.04. The van der Waals surface area contributed by atoms with Crippen LogP contribution in [0.1, 0.15) is 16.7 Å². The molecule has 0 unspecified atom stereocenters. The maximum atomic E-state index is 12.1. The highest BCUT2D eigenvalue weighted by Crippen LogP contribution is 2.37. The van der Waals surface area contributed by atoms with Gasteiger partial charge < -0.3 is 23.8 Å². The summed E-state index contributed by atoms with van der Waals surface area (Å²) in [5.74, 6) is -1.68. The Morgan fingerprint density at radius 2 is 1.00 bits per heavy atom. The van der Waals surface area contributed by atoms with Crippen molar-refractivity contribution in [2.75, 3.05) is 11.5 Å². The lowest BCUT2D eigenvalue weighted by Crippen LogP contribution is -2.13. The largest absolute Gasteiger partial charge is 0.493 e. The van der Waals surface area contributed by atoms with Gasteiger partial charge in [-0.1, -0.05) is 55.1 Å². The van der Waals surface area contributed by atoms with Crippen LogP contribution in [0.3, 0.4) is 0 Å². The van der Waals surface area contributed by atoms with Crippen LogP contribution in [0.25, 0.3) is 0 Å². The van der Waals surface area contributed by atoms with Gasteiger partial charge in [-0.05, 0) is 62.4 Å². The topological polar surface area (TPSA) is 91.4 Å². The molecule has 8 nitrogen and oxygen atoms in total. The highest BCUT2D eigenvalue weighted by molar-refractivity contribution is 5.86. The third kappa shape index (κ3) is 8.58. The molecule has 0 atom stereocenters. The number of carbonyl (C=O) groups is 3. The van der Waals surface area contributed by atoms with Gasteiger partial charge in [0.2, 0.25) is 0 Å². The summed E-state index contributed by atoms with van der Waals surface area (Å²) in [4.78, 5) is 38.2. The maximum Gasteiger partial charge on any atom is 0.335 e. The Hall–Kier alpha value is -5.89. The molecule has 0 spiro atoms. The minimum absolute atomic E-state index is 0.00640. The van der Waals surface area contributed by atoms with Crippen LogP contribution in [-0.4, -0.2) is 24.5 Å². The first-order valence-electron chi connectivity index (χ1n) is 14.1. The van der Waals surface area contributed by atoms with Crippen molar-refractivity contribution in [3.8, 4) is 23.0 Å². The second-order valence-electron chi connectivity index (χ2n) is 9.87. The lowest BCUT2D eigenvalue weighted by atomic mass is 10.1. The monoisotopic (exact) mass is 603 g/mol. The van der Waals surface area contributed by atoms with Crippen LogP contribution < -0.4 is 23.8 Å². The Morgan fingerprint density at radius 1 is 0.600 bits per heavy atom. The van der Waals surface area contributed by atoms with Crippen molar-refractivity contribution >= 4 is 35.0 Å². The number of nitrogens with zero attached hydrogens (tertiary/aromatic N) is 1. The number of hydrogen-bond donors (Lipinski definition) is 0. The lowest BCUT2D eigenvalue weighted by molar-refractivity contribution is -0.129. The molecule has 0 saturated heterocycles. The number of benzene rings is 4. The highest BCUT2D eigenvalue weighted by Gasteiger charge is 2.20. The van der Waals surface area contributed by atoms with E-state index < -0.39 is 17.9 Å². The van der Waals surface area contributed by atoms with Crippen molar-refractivity contribution in [2.24, 2.45) is 0 Å². The molecule has 0 saturated carbocycles. The van der Waals surface area contributed by atoms with Gasteiger partial charge in [0.25, 0.3) is 0 Å². The van der Waals surface area contributed by atoms with Gasteiger partial charge in [0.1, 0.15) is 23.0 Å². The number of carbonyl (C=O) groups excluding carboxylic acids is 3. The van der Waals surface area contributed by atoms with E-state index in [1.54, 1.807) is 0 Å². The van der Waals surface area contributed by atoms with Crippen LogP contribution in [0.4, 0.5) is 17.1 Å². The average molecular weight is 604 g/mol. The van der Waals surface area contributed by atoms with Crippen LogP contribution in [-0.2, 0) is 20.8 Å². The third-order valence-electron chi connectivity index (χ3n) is 6.58. The number of hydrogen-bond acceptors (Lipinski definition) is 8. The molecule has 228 valence electrons. The summed E-state index contributed by atoms with van der Waals surface area (Å²) in [5, 5.41) is 0. The maximum absolute atomic E-state index is 12.1. The fourth-order valence-electron chi connectivity index (χ4n) is 4.34. The molecule has 4 aromatic carbocycles. The van der Waals surface area contributed by atoms with Crippen LogP contribution in [0, 0.1) is 13.8 Å². The Balaban J connectivity index is 1.58. The van der Waals surface area contributed by atoms with E-state index in [2.05, 4.69) is 87.0 Å². The molecule has 0 aromatic heterocycles. The molecule has 0 bridgehead atoms. The van der Waals surface area contributed by atoms with Crippen molar-refractivity contribution in [3.63, 3.8) is 0 Å². The van der Waals surface area contributed by atoms with Crippen LogP contribution in [0.15, 0.2) is 123 Å². The molecule has 0 aliphatic carbocycles. The fraction of sp³-hybridized carbons (Fsp3) is 0.108. The van der Waals surface area contributed by atoms with Gasteiger partial charge in [0.05, 0.1) is 6.61 Å². The van der Waals surface area contributed by atoms with Gasteiger partial charge in [-0.3, -0.25) is 0 Å². The van der Waals surface area contributed by atoms with Gasteiger partial charge in [-0.2, -0.15) is 0 Å². The second-order valence-corrected chi connectivity index (χ2v) is 9.87. The Labute approximate surface area is 262 Å². The standard InChI is InChI=1S/C37H33NO7/c1-6-35(39)43-31-23-33(44-36(40)7-2)32(34(24-31)45-37(41)8-3)21-22-42-30-19-17-29(18-20-30)38(27-13-9-25(4)10-14-27)28-15-11-26(5)12-16-28/h6-20,23-24H,1-3,21-22H2,4-5H3. The van der Waals surface area contributed by atoms with E-state index >= 15 is 0 Å². The summed E-state index contributed by atoms with van der Waals surface area (Å²) < 4.78 is 22.0. The lowest BCUT2D eigenvalue weighted by Gasteiger charge is -2.26. The molecular weight excluding hydrogens is 570 g/mol. The molecule has 0 N–H and O–H groups in total. The first kappa shape index (κ1) is 32.0. The van der Waals surface area contributed by atoms with E-state index in [1.165, 1.54) is 23.3 Å². The van der Waals surface area contributed by atoms with Gasteiger partial charge in [0.15, 0.2) is 0 Å². The highest BCUT2D eigenvalue weighted by atomic mass is 16.6. The van der Waals surface area contributed by atoms with Gasteiger partial charge in [-0.25, -0.2) is 14.4 Å². The smallest absolute Gasteiger partial charge is 0.335 e. The van der Waals surface area contributed by atoms with Crippen LogP contribution in [0.2, 0.25) is 0 Å². The van der Waals surface area contributed by atoms with Crippen molar-refractivity contribution in [1.29, 1.82) is 0 Å². The third-order valence-corrected chi connectivity index (χ3v) is 6.58. The Morgan fingerprint density at radius 3 is 1.42 bits per heavy atom. The quantitative estimate of drug-likeness (QED) is 0.0874. The molecule has 0 heterocycles. The van der Waals surface area contributed by atoms with Crippen molar-refractivity contribution in [2.45, 2.75) is 20.3 Å². The summed E-state index contributed by atoms with van der Waals surface area (Å²) in [6.45, 7) is 14.4. The summed E-state index contributed by atoms with van der Waals surface area (Å²) in [6.07, 6.45) is 3.10. The summed E-state index contributed by atoms with van der Waals surface area (Å²) >= 11 is 0. The van der Waals surface area contributed by atoms with Gasteiger partial charge in [-0.15, -0.1) is 0 Å². The number of rotatable bonds is 13. The van der Waals surface area contributed by atoms with Crippen LogP contribution in [0.5, 0.6) is 23.0 Å². The molecule has 8 heteroatoms. The predicted molar refractivity (Wildman–Crippen MR) is 174 cm³/mol. The number of aryl methyl sites for hydroxylation is 2. The van der Waals surface area contributed by atoms with E-state index in [9.17, 15) is 14.4 Å².